The molecule has 10 heteroatoms. The molecule has 1 aromatic rings. The van der Waals surface area contributed by atoms with Gasteiger partial charge in [0.15, 0.2) is 5.78 Å². The third-order valence-corrected chi connectivity index (χ3v) is 4.04. The van der Waals surface area contributed by atoms with Crippen molar-refractivity contribution in [2.75, 3.05) is 12.3 Å². The van der Waals surface area contributed by atoms with Crippen LogP contribution in [-0.2, 0) is 24.5 Å². The first-order chi connectivity index (χ1) is 12.2. The summed E-state index contributed by atoms with van der Waals surface area (Å²) >= 11 is 0. The number of rotatable bonds is 11. The Morgan fingerprint density at radius 1 is 1.12 bits per heavy atom. The highest BCUT2D eigenvalue weighted by Crippen LogP contribution is 2.10. The summed E-state index contributed by atoms with van der Waals surface area (Å²) in [5.41, 5.74) is 5.34. The van der Waals surface area contributed by atoms with Crippen molar-refractivity contribution in [1.82, 2.24) is 5.32 Å². The molecule has 0 spiro atoms. The van der Waals surface area contributed by atoms with Crippen LogP contribution in [0.2, 0.25) is 0 Å². The zero-order chi connectivity index (χ0) is 19.6. The van der Waals surface area contributed by atoms with Gasteiger partial charge < -0.3 is 15.8 Å². The Bertz CT molecular complexity index is 719. The molecular weight excluding hydrogens is 364 g/mol. The molecule has 144 valence electrons. The smallest absolute Gasteiger partial charge is 0.311 e. The van der Waals surface area contributed by atoms with E-state index in [1.165, 1.54) is 0 Å². The third-order valence-electron chi connectivity index (χ3n) is 3.26. The van der Waals surface area contributed by atoms with Crippen LogP contribution in [0.5, 0.6) is 5.75 Å². The molecule has 0 saturated carbocycles. The molecule has 0 aliphatic carbocycles. The standard InChI is InChI=1S/C16H22N2O7S/c17-13(11-26(22,23)24)14(19)9-10-18-15(20)7-4-8-16(21)25-12-5-2-1-3-6-12/h1-3,5-6,13H,4,7-11,17H2,(H,18,20)(H,22,23,24). The van der Waals surface area contributed by atoms with E-state index in [4.69, 9.17) is 15.0 Å². The van der Waals surface area contributed by atoms with Crippen molar-refractivity contribution in [3.8, 4) is 5.75 Å². The fourth-order valence-corrected chi connectivity index (χ4v) is 2.62. The molecule has 1 amide bonds. The summed E-state index contributed by atoms with van der Waals surface area (Å²) in [6.45, 7) is -0.00863. The quantitative estimate of drug-likeness (QED) is 0.274. The fraction of sp³-hybridized carbons (Fsp3) is 0.438. The zero-order valence-electron chi connectivity index (χ0n) is 14.1. The minimum atomic E-state index is -4.33. The van der Waals surface area contributed by atoms with Gasteiger partial charge in [-0.15, -0.1) is 0 Å². The zero-order valence-corrected chi connectivity index (χ0v) is 14.9. The van der Waals surface area contributed by atoms with Crippen molar-refractivity contribution in [2.24, 2.45) is 5.73 Å². The molecule has 1 rings (SSSR count). The van der Waals surface area contributed by atoms with Gasteiger partial charge >= 0.3 is 5.97 Å². The number of hydrogen-bond donors (Lipinski definition) is 3. The van der Waals surface area contributed by atoms with Crippen LogP contribution in [0.25, 0.3) is 0 Å². The van der Waals surface area contributed by atoms with Gasteiger partial charge in [-0.05, 0) is 18.6 Å². The Kier molecular flexibility index (Phi) is 8.90. The van der Waals surface area contributed by atoms with E-state index in [-0.39, 0.29) is 38.1 Å². The summed E-state index contributed by atoms with van der Waals surface area (Å²) in [5, 5.41) is 2.48. The lowest BCUT2D eigenvalue weighted by Gasteiger charge is -2.09. The van der Waals surface area contributed by atoms with Crippen LogP contribution in [0.1, 0.15) is 25.7 Å². The molecular formula is C16H22N2O7S. The van der Waals surface area contributed by atoms with Crippen molar-refractivity contribution in [1.29, 1.82) is 0 Å². The Hall–Kier alpha value is -2.30. The molecule has 0 saturated heterocycles. The van der Waals surface area contributed by atoms with Crippen molar-refractivity contribution in [2.45, 2.75) is 31.7 Å². The largest absolute Gasteiger partial charge is 0.427 e. The van der Waals surface area contributed by atoms with E-state index in [0.717, 1.165) is 0 Å². The summed E-state index contributed by atoms with van der Waals surface area (Å²) < 4.78 is 35.0. The van der Waals surface area contributed by atoms with Crippen LogP contribution in [-0.4, -0.2) is 49.0 Å². The lowest BCUT2D eigenvalue weighted by molar-refractivity contribution is -0.134. The van der Waals surface area contributed by atoms with Gasteiger partial charge in [0.2, 0.25) is 5.91 Å². The topological polar surface area (TPSA) is 153 Å². The normalized spacial score (nSPS) is 12.2. The van der Waals surface area contributed by atoms with Gasteiger partial charge in [-0.25, -0.2) is 0 Å². The maximum absolute atomic E-state index is 11.6. The number of para-hydroxylation sites is 1. The van der Waals surface area contributed by atoms with E-state index in [0.29, 0.717) is 5.75 Å². The Labute approximate surface area is 151 Å². The average Bonchev–Trinajstić information content (AvgIpc) is 2.54. The number of benzene rings is 1. The Balaban J connectivity index is 2.16. The van der Waals surface area contributed by atoms with Crippen LogP contribution in [0.15, 0.2) is 30.3 Å². The van der Waals surface area contributed by atoms with E-state index in [2.05, 4.69) is 5.32 Å². The van der Waals surface area contributed by atoms with Gasteiger partial charge in [0.05, 0.1) is 11.8 Å². The molecule has 1 unspecified atom stereocenters. The fourth-order valence-electron chi connectivity index (χ4n) is 1.98. The van der Waals surface area contributed by atoms with Crippen molar-refractivity contribution in [3.05, 3.63) is 30.3 Å². The van der Waals surface area contributed by atoms with Crippen LogP contribution in [0.3, 0.4) is 0 Å². The number of amides is 1. The lowest BCUT2D eigenvalue weighted by Crippen LogP contribution is -2.39. The Morgan fingerprint density at radius 3 is 2.38 bits per heavy atom. The second-order valence-corrected chi connectivity index (χ2v) is 7.06. The summed E-state index contributed by atoms with van der Waals surface area (Å²) in [5.74, 6) is -1.82. The van der Waals surface area contributed by atoms with Gasteiger partial charge in [-0.1, -0.05) is 18.2 Å². The van der Waals surface area contributed by atoms with Crippen LogP contribution >= 0.6 is 0 Å². The van der Waals surface area contributed by atoms with Gasteiger partial charge in [-0.2, -0.15) is 8.42 Å². The molecule has 0 heterocycles. The van der Waals surface area contributed by atoms with Gasteiger partial charge in [-0.3, -0.25) is 18.9 Å². The molecule has 9 nitrogen and oxygen atoms in total. The second-order valence-electron chi connectivity index (χ2n) is 5.56. The highest BCUT2D eigenvalue weighted by Gasteiger charge is 2.19. The van der Waals surface area contributed by atoms with Gasteiger partial charge in [0.25, 0.3) is 10.1 Å². The number of nitrogens with one attached hydrogen (secondary N) is 1. The number of Topliss-reactive ketones (excluding diaryl/α,β-unsaturated/α-hetero) is 1. The van der Waals surface area contributed by atoms with Crippen LogP contribution < -0.4 is 15.8 Å². The number of ether oxygens (including phenoxy) is 1. The first-order valence-corrected chi connectivity index (χ1v) is 9.54. The molecule has 26 heavy (non-hydrogen) atoms. The molecule has 0 aromatic heterocycles. The average molecular weight is 386 g/mol. The first kappa shape index (κ1) is 21.7. The molecule has 0 aliphatic heterocycles. The predicted octanol–water partition coefficient (Wildman–Crippen LogP) is 0.0528. The minimum Gasteiger partial charge on any atom is -0.427 e. The summed E-state index contributed by atoms with van der Waals surface area (Å²) in [6.07, 6.45) is 0.280. The highest BCUT2D eigenvalue weighted by atomic mass is 32.2. The van der Waals surface area contributed by atoms with E-state index < -0.39 is 33.7 Å². The lowest BCUT2D eigenvalue weighted by atomic mass is 10.1. The van der Waals surface area contributed by atoms with Crippen LogP contribution in [0.4, 0.5) is 0 Å². The molecule has 1 atom stereocenters. The van der Waals surface area contributed by atoms with Crippen molar-refractivity contribution >= 4 is 27.8 Å². The number of carbonyl (C=O) groups excluding carboxylic acids is 3. The third kappa shape index (κ3) is 9.87. The van der Waals surface area contributed by atoms with E-state index in [1.54, 1.807) is 30.3 Å². The van der Waals surface area contributed by atoms with E-state index >= 15 is 0 Å². The number of ketones is 1. The summed E-state index contributed by atoms with van der Waals surface area (Å²) in [7, 11) is -4.33. The monoisotopic (exact) mass is 386 g/mol. The number of nitrogens with two attached hydrogens (primary N) is 1. The molecule has 0 radical (unpaired) electrons. The Morgan fingerprint density at radius 2 is 1.77 bits per heavy atom. The first-order valence-electron chi connectivity index (χ1n) is 7.93. The molecule has 4 N–H and O–H groups in total. The van der Waals surface area contributed by atoms with Crippen LogP contribution in [0, 0.1) is 0 Å². The van der Waals surface area contributed by atoms with Gasteiger partial charge in [0, 0.05) is 25.8 Å². The maximum Gasteiger partial charge on any atom is 0.311 e. The highest BCUT2D eigenvalue weighted by molar-refractivity contribution is 7.85. The second kappa shape index (κ2) is 10.6. The SMILES string of the molecule is NC(CS(=O)(=O)O)C(=O)CCNC(=O)CCCC(=O)Oc1ccccc1. The molecule has 0 aliphatic rings. The van der Waals surface area contributed by atoms with Crippen molar-refractivity contribution < 1.29 is 32.1 Å². The summed E-state index contributed by atoms with van der Waals surface area (Å²) in [4.78, 5) is 34.8. The number of esters is 1. The summed E-state index contributed by atoms with van der Waals surface area (Å²) in [6, 6.07) is 7.22. The molecule has 0 bridgehead atoms. The molecule has 1 aromatic carbocycles. The number of carbonyl (C=O) groups is 3. The predicted molar refractivity (Wildman–Crippen MR) is 93.0 cm³/mol. The minimum absolute atomic E-state index is 0.00863. The maximum atomic E-state index is 11.6. The molecule has 0 fully saturated rings. The van der Waals surface area contributed by atoms with Crippen molar-refractivity contribution in [3.63, 3.8) is 0 Å². The van der Waals surface area contributed by atoms with E-state index in [1.807, 2.05) is 0 Å². The van der Waals surface area contributed by atoms with Gasteiger partial charge in [0.1, 0.15) is 5.75 Å². The number of hydrogen-bond acceptors (Lipinski definition) is 7. The van der Waals surface area contributed by atoms with E-state index in [9.17, 15) is 22.8 Å².